The normalized spacial score (nSPS) is 24.4. The fourth-order valence-electron chi connectivity index (χ4n) is 2.49. The number of aromatic nitrogens is 4. The number of nitrogens with zero attached hydrogens (tertiary/aromatic N) is 4. The van der Waals surface area contributed by atoms with Crippen molar-refractivity contribution in [3.8, 4) is 5.88 Å². The first-order valence-corrected chi connectivity index (χ1v) is 7.20. The number of anilines is 1. The van der Waals surface area contributed by atoms with E-state index in [0.717, 1.165) is 0 Å². The Balaban J connectivity index is 1.91. The molecule has 3 atom stereocenters. The molecule has 0 spiro atoms. The number of methoxy groups -OCH3 is 1. The molecule has 2 aromatic rings. The van der Waals surface area contributed by atoms with Crippen LogP contribution in [0.5, 0.6) is 5.88 Å². The first-order valence-electron chi connectivity index (χ1n) is 7.20. The fourth-order valence-corrected chi connectivity index (χ4v) is 2.49. The molecule has 0 saturated carbocycles. The van der Waals surface area contributed by atoms with E-state index in [2.05, 4.69) is 15.0 Å². The average Bonchev–Trinajstić information content (AvgIpc) is 3.10. The van der Waals surface area contributed by atoms with E-state index in [1.165, 1.54) is 6.33 Å². The third-order valence-electron chi connectivity index (χ3n) is 3.63. The number of ether oxygens (including phenoxy) is 3. The largest absolute Gasteiger partial charge is 0.474 e. The lowest BCUT2D eigenvalue weighted by molar-refractivity contribution is -0.0432. The van der Waals surface area contributed by atoms with Gasteiger partial charge in [-0.1, -0.05) is 0 Å². The second kappa shape index (κ2) is 6.62. The number of hydrogen-bond acceptors (Lipinski definition) is 9. The van der Waals surface area contributed by atoms with Crippen molar-refractivity contribution in [3.05, 3.63) is 6.33 Å². The number of fused-ring (bicyclic) bond motifs is 1. The molecule has 4 N–H and O–H groups in total. The molecule has 23 heavy (non-hydrogen) atoms. The molecule has 3 rings (SSSR count). The summed E-state index contributed by atoms with van der Waals surface area (Å²) in [6.07, 6.45) is -0.0269. The van der Waals surface area contributed by atoms with Crippen LogP contribution in [0.3, 0.4) is 0 Å². The Labute approximate surface area is 131 Å². The molecule has 1 aliphatic rings. The van der Waals surface area contributed by atoms with Crippen molar-refractivity contribution in [2.45, 2.75) is 24.9 Å². The van der Waals surface area contributed by atoms with E-state index in [4.69, 9.17) is 19.9 Å². The van der Waals surface area contributed by atoms with Crippen molar-refractivity contribution < 1.29 is 24.4 Å². The van der Waals surface area contributed by atoms with Gasteiger partial charge in [0.1, 0.15) is 18.9 Å². The number of aliphatic hydroxyl groups excluding tert-OH is 2. The number of aliphatic hydroxyl groups is 2. The minimum Gasteiger partial charge on any atom is -0.474 e. The summed E-state index contributed by atoms with van der Waals surface area (Å²) in [6.45, 7) is 0.454. The van der Waals surface area contributed by atoms with E-state index < -0.39 is 18.4 Å². The predicted molar refractivity (Wildman–Crippen MR) is 78.7 cm³/mol. The zero-order valence-corrected chi connectivity index (χ0v) is 12.6. The van der Waals surface area contributed by atoms with Gasteiger partial charge >= 0.3 is 0 Å². The zero-order chi connectivity index (χ0) is 16.4. The standard InChI is InChI=1S/C13H19N5O5/c1-21-2-3-22-12-10-11(16-13(14)17-12)18(6-15-10)9-4-7(20)8(5-19)23-9/h6-9,19-20H,2-5H2,1H3,(H2,14,16,17)/t7-,8+,9+/m0/s1. The molecule has 3 heterocycles. The third-order valence-corrected chi connectivity index (χ3v) is 3.63. The summed E-state index contributed by atoms with van der Waals surface area (Å²) in [5.41, 5.74) is 6.62. The Morgan fingerprint density at radius 1 is 1.43 bits per heavy atom. The van der Waals surface area contributed by atoms with Crippen LogP contribution in [-0.4, -0.2) is 68.9 Å². The van der Waals surface area contributed by atoms with Gasteiger partial charge < -0.3 is 30.2 Å². The van der Waals surface area contributed by atoms with Gasteiger partial charge in [0.05, 0.1) is 25.6 Å². The minimum absolute atomic E-state index is 0.0453. The van der Waals surface area contributed by atoms with Crippen molar-refractivity contribution >= 4 is 17.1 Å². The van der Waals surface area contributed by atoms with Gasteiger partial charge in [-0.15, -0.1) is 0 Å². The first-order chi connectivity index (χ1) is 11.1. The van der Waals surface area contributed by atoms with Crippen LogP contribution in [0.15, 0.2) is 6.33 Å². The van der Waals surface area contributed by atoms with Crippen molar-refractivity contribution in [2.75, 3.05) is 32.7 Å². The molecule has 0 radical (unpaired) electrons. The third kappa shape index (κ3) is 3.06. The Morgan fingerprint density at radius 3 is 2.96 bits per heavy atom. The molecule has 1 fully saturated rings. The SMILES string of the molecule is COCCOc1nc(N)nc2c1ncn2[C@H]1C[C@H](O)[C@@H](CO)O1. The summed E-state index contributed by atoms with van der Waals surface area (Å²) in [7, 11) is 1.57. The van der Waals surface area contributed by atoms with E-state index in [-0.39, 0.29) is 18.4 Å². The Hall–Kier alpha value is -2.01. The van der Waals surface area contributed by atoms with Gasteiger partial charge in [0.15, 0.2) is 11.2 Å². The van der Waals surface area contributed by atoms with E-state index in [1.807, 2.05) is 0 Å². The number of imidazole rings is 1. The van der Waals surface area contributed by atoms with E-state index in [9.17, 15) is 10.2 Å². The van der Waals surface area contributed by atoms with Crippen LogP contribution in [0.4, 0.5) is 5.95 Å². The topological polar surface area (TPSA) is 138 Å². The molecule has 0 aromatic carbocycles. The number of nitrogen functional groups attached to an aromatic ring is 1. The van der Waals surface area contributed by atoms with Gasteiger partial charge in [-0.2, -0.15) is 9.97 Å². The van der Waals surface area contributed by atoms with Crippen LogP contribution in [0, 0.1) is 0 Å². The van der Waals surface area contributed by atoms with Gasteiger partial charge in [-0.3, -0.25) is 4.57 Å². The minimum atomic E-state index is -0.751. The molecule has 2 aromatic heterocycles. The second-order valence-electron chi connectivity index (χ2n) is 5.17. The van der Waals surface area contributed by atoms with Crippen LogP contribution in [0.2, 0.25) is 0 Å². The van der Waals surface area contributed by atoms with Gasteiger partial charge in [0.25, 0.3) is 0 Å². The fraction of sp³-hybridized carbons (Fsp3) is 0.615. The molecule has 1 aliphatic heterocycles. The Morgan fingerprint density at radius 2 is 2.26 bits per heavy atom. The van der Waals surface area contributed by atoms with Crippen LogP contribution in [0.1, 0.15) is 12.6 Å². The molecule has 126 valence electrons. The quantitative estimate of drug-likeness (QED) is 0.575. The Kier molecular flexibility index (Phi) is 4.57. The summed E-state index contributed by atoms with van der Waals surface area (Å²) in [6, 6.07) is 0. The maximum Gasteiger partial charge on any atom is 0.247 e. The highest BCUT2D eigenvalue weighted by Gasteiger charge is 2.35. The molecular formula is C13H19N5O5. The molecule has 10 heteroatoms. The molecule has 1 saturated heterocycles. The van der Waals surface area contributed by atoms with Gasteiger partial charge in [0, 0.05) is 13.5 Å². The first kappa shape index (κ1) is 15.9. The summed E-state index contributed by atoms with van der Waals surface area (Å²) >= 11 is 0. The zero-order valence-electron chi connectivity index (χ0n) is 12.6. The van der Waals surface area contributed by atoms with Crippen molar-refractivity contribution in [2.24, 2.45) is 0 Å². The van der Waals surface area contributed by atoms with Crippen LogP contribution in [-0.2, 0) is 9.47 Å². The maximum atomic E-state index is 9.87. The summed E-state index contributed by atoms with van der Waals surface area (Å²) in [4.78, 5) is 12.5. The molecule has 0 unspecified atom stereocenters. The second-order valence-corrected chi connectivity index (χ2v) is 5.17. The predicted octanol–water partition coefficient (Wildman–Crippen LogP) is -0.926. The van der Waals surface area contributed by atoms with Crippen molar-refractivity contribution in [3.63, 3.8) is 0 Å². The average molecular weight is 325 g/mol. The van der Waals surface area contributed by atoms with E-state index >= 15 is 0 Å². The van der Waals surface area contributed by atoms with Gasteiger partial charge in [-0.25, -0.2) is 4.98 Å². The lowest BCUT2D eigenvalue weighted by atomic mass is 10.2. The maximum absolute atomic E-state index is 9.87. The summed E-state index contributed by atoms with van der Waals surface area (Å²) < 4.78 is 17.7. The van der Waals surface area contributed by atoms with Gasteiger partial charge in [0.2, 0.25) is 11.8 Å². The summed E-state index contributed by atoms with van der Waals surface area (Å²) in [5.74, 6) is 0.310. The molecule has 10 nitrogen and oxygen atoms in total. The highest BCUT2D eigenvalue weighted by atomic mass is 16.5. The monoisotopic (exact) mass is 325 g/mol. The smallest absolute Gasteiger partial charge is 0.247 e. The summed E-state index contributed by atoms with van der Waals surface area (Å²) in [5, 5.41) is 19.1. The molecule has 0 aliphatic carbocycles. The molecule has 0 amide bonds. The highest BCUT2D eigenvalue weighted by molar-refractivity contribution is 5.77. The Bertz CT molecular complexity index is 678. The van der Waals surface area contributed by atoms with E-state index in [0.29, 0.717) is 30.8 Å². The molecular weight excluding hydrogens is 306 g/mol. The number of hydrogen-bond donors (Lipinski definition) is 3. The number of nitrogens with two attached hydrogens (primary N) is 1. The van der Waals surface area contributed by atoms with Crippen LogP contribution in [0.25, 0.3) is 11.2 Å². The van der Waals surface area contributed by atoms with Crippen LogP contribution >= 0.6 is 0 Å². The molecule has 0 bridgehead atoms. The lowest BCUT2D eigenvalue weighted by Crippen LogP contribution is -2.24. The van der Waals surface area contributed by atoms with Crippen molar-refractivity contribution in [1.29, 1.82) is 0 Å². The highest BCUT2D eigenvalue weighted by Crippen LogP contribution is 2.32. The van der Waals surface area contributed by atoms with Crippen LogP contribution < -0.4 is 10.5 Å². The van der Waals surface area contributed by atoms with Crippen molar-refractivity contribution in [1.82, 2.24) is 19.5 Å². The number of rotatable bonds is 6. The van der Waals surface area contributed by atoms with Gasteiger partial charge in [-0.05, 0) is 0 Å². The lowest BCUT2D eigenvalue weighted by Gasteiger charge is -2.14. The van der Waals surface area contributed by atoms with E-state index in [1.54, 1.807) is 11.7 Å².